The first-order valence-electron chi connectivity index (χ1n) is 10.9. The highest BCUT2D eigenvalue weighted by molar-refractivity contribution is 5.94. The molecule has 0 fully saturated rings. The van der Waals surface area contributed by atoms with Crippen molar-refractivity contribution in [3.05, 3.63) is 94.0 Å². The van der Waals surface area contributed by atoms with E-state index in [4.69, 9.17) is 4.98 Å². The summed E-state index contributed by atoms with van der Waals surface area (Å²) in [5.41, 5.74) is 4.97. The van der Waals surface area contributed by atoms with Gasteiger partial charge in [-0.25, -0.2) is 9.78 Å². The van der Waals surface area contributed by atoms with Crippen LogP contribution in [-0.2, 0) is 7.05 Å². The summed E-state index contributed by atoms with van der Waals surface area (Å²) in [6.07, 6.45) is 3.69. The molecule has 2 N–H and O–H groups in total. The van der Waals surface area contributed by atoms with Crippen molar-refractivity contribution >= 4 is 28.2 Å². The van der Waals surface area contributed by atoms with Gasteiger partial charge in [-0.2, -0.15) is 5.10 Å². The summed E-state index contributed by atoms with van der Waals surface area (Å²) in [7, 11) is 1.87. The summed E-state index contributed by atoms with van der Waals surface area (Å²) < 4.78 is 3.29. The number of carboxylic acids is 1. The predicted molar refractivity (Wildman–Crippen MR) is 131 cm³/mol. The fraction of sp³-hybridized carbons (Fsp3) is 0.154. The normalized spacial score (nSPS) is 12.2. The number of rotatable bonds is 5. The van der Waals surface area contributed by atoms with Gasteiger partial charge in [-0.15, -0.1) is 0 Å². The van der Waals surface area contributed by atoms with Crippen molar-refractivity contribution in [2.24, 2.45) is 7.05 Å². The van der Waals surface area contributed by atoms with Crippen LogP contribution < -0.4 is 10.9 Å². The van der Waals surface area contributed by atoms with Gasteiger partial charge in [0, 0.05) is 47.7 Å². The minimum atomic E-state index is -1.01. The third kappa shape index (κ3) is 3.79. The number of hydrogen-bond acceptors (Lipinski definition) is 5. The molecule has 0 radical (unpaired) electrons. The number of anilines is 1. The molecule has 0 bridgehead atoms. The highest BCUT2D eigenvalue weighted by Gasteiger charge is 2.17. The summed E-state index contributed by atoms with van der Waals surface area (Å²) in [4.78, 5) is 29.6. The number of carboxylic acid groups (broad SMARTS) is 1. The second kappa shape index (κ2) is 8.15. The lowest BCUT2D eigenvalue weighted by Gasteiger charge is -2.20. The number of fused-ring (bicyclic) bond motifs is 2. The number of pyridine rings is 1. The highest BCUT2D eigenvalue weighted by atomic mass is 16.4. The fourth-order valence-electron chi connectivity index (χ4n) is 4.25. The number of hydrogen-bond donors (Lipinski definition) is 2. The molecule has 0 aliphatic carbocycles. The second-order valence-electron chi connectivity index (χ2n) is 8.44. The topological polar surface area (TPSA) is 102 Å². The third-order valence-electron chi connectivity index (χ3n) is 5.84. The van der Waals surface area contributed by atoms with E-state index in [1.807, 2.05) is 51.4 Å². The van der Waals surface area contributed by atoms with E-state index >= 15 is 0 Å². The third-order valence-corrected chi connectivity index (χ3v) is 5.84. The lowest BCUT2D eigenvalue weighted by molar-refractivity contribution is 0.0698. The molecule has 0 saturated carbocycles. The highest BCUT2D eigenvalue weighted by Crippen LogP contribution is 2.27. The largest absolute Gasteiger partial charge is 0.478 e. The molecule has 0 amide bonds. The zero-order chi connectivity index (χ0) is 24.0. The quantitative estimate of drug-likeness (QED) is 0.408. The van der Waals surface area contributed by atoms with Gasteiger partial charge in [0.2, 0.25) is 0 Å². The molecule has 1 atom stereocenters. The first-order valence-corrected chi connectivity index (χ1v) is 10.9. The Balaban J connectivity index is 1.64. The second-order valence-corrected chi connectivity index (χ2v) is 8.44. The molecule has 5 aromatic rings. The number of carbonyl (C=O) groups is 1. The Morgan fingerprint density at radius 3 is 2.68 bits per heavy atom. The maximum absolute atomic E-state index is 13.1. The number of aryl methyl sites for hydroxylation is 2. The number of benzene rings is 2. The predicted octanol–water partition coefficient (Wildman–Crippen LogP) is 4.43. The maximum atomic E-state index is 13.1. The number of nitrogens with one attached hydrogen (secondary N) is 1. The van der Waals surface area contributed by atoms with Gasteiger partial charge < -0.3 is 10.4 Å². The van der Waals surface area contributed by atoms with Crippen LogP contribution in [0.1, 0.15) is 34.5 Å². The SMILES string of the molecule is Cc1cc(C(C)Nc2ccccc2C(=O)O)c2nc(-c3ccc4nn(C)cc4c3)cc(=O)n2c1. The van der Waals surface area contributed by atoms with Gasteiger partial charge in [0.25, 0.3) is 5.56 Å². The first-order chi connectivity index (χ1) is 16.3. The lowest BCUT2D eigenvalue weighted by Crippen LogP contribution is -2.19. The van der Waals surface area contributed by atoms with Crippen LogP contribution in [0.25, 0.3) is 27.8 Å². The Hall–Kier alpha value is -4.46. The van der Waals surface area contributed by atoms with Crippen LogP contribution in [0.3, 0.4) is 0 Å². The average molecular weight is 454 g/mol. The minimum absolute atomic E-state index is 0.182. The van der Waals surface area contributed by atoms with Crippen molar-refractivity contribution in [1.29, 1.82) is 0 Å². The summed E-state index contributed by atoms with van der Waals surface area (Å²) in [5, 5.41) is 18.2. The van der Waals surface area contributed by atoms with Crippen LogP contribution >= 0.6 is 0 Å². The van der Waals surface area contributed by atoms with Crippen LogP contribution in [-0.4, -0.2) is 30.2 Å². The molecule has 0 aliphatic rings. The van der Waals surface area contributed by atoms with Crippen LogP contribution in [0.4, 0.5) is 5.69 Å². The Morgan fingerprint density at radius 2 is 1.88 bits per heavy atom. The van der Waals surface area contributed by atoms with E-state index in [2.05, 4.69) is 10.4 Å². The van der Waals surface area contributed by atoms with Crippen LogP contribution in [0.2, 0.25) is 0 Å². The zero-order valence-electron chi connectivity index (χ0n) is 19.0. The van der Waals surface area contributed by atoms with Gasteiger partial charge in [-0.1, -0.05) is 18.2 Å². The fourth-order valence-corrected chi connectivity index (χ4v) is 4.25. The molecule has 0 saturated heterocycles. The van der Waals surface area contributed by atoms with Crippen molar-refractivity contribution in [3.63, 3.8) is 0 Å². The molecular weight excluding hydrogens is 430 g/mol. The van der Waals surface area contributed by atoms with Gasteiger partial charge >= 0.3 is 5.97 Å². The molecule has 8 nitrogen and oxygen atoms in total. The average Bonchev–Trinajstić information content (AvgIpc) is 3.18. The number of para-hydroxylation sites is 1. The van der Waals surface area contributed by atoms with Crippen molar-refractivity contribution in [2.75, 3.05) is 5.32 Å². The Morgan fingerprint density at radius 1 is 1.09 bits per heavy atom. The Labute approximate surface area is 195 Å². The Bertz CT molecular complexity index is 1630. The molecule has 3 heterocycles. The monoisotopic (exact) mass is 453 g/mol. The minimum Gasteiger partial charge on any atom is -0.478 e. The van der Waals surface area contributed by atoms with Gasteiger partial charge in [0.05, 0.1) is 22.8 Å². The van der Waals surface area contributed by atoms with E-state index in [0.717, 1.165) is 27.6 Å². The molecule has 170 valence electrons. The van der Waals surface area contributed by atoms with Gasteiger partial charge in [-0.3, -0.25) is 13.9 Å². The number of aromatic nitrogens is 4. The summed E-state index contributed by atoms with van der Waals surface area (Å²) in [5.74, 6) is -1.01. The molecule has 1 unspecified atom stereocenters. The lowest BCUT2D eigenvalue weighted by atomic mass is 10.1. The van der Waals surface area contributed by atoms with E-state index in [1.54, 1.807) is 35.1 Å². The molecular formula is C26H23N5O3. The Kier molecular flexibility index (Phi) is 5.13. The molecule has 0 aliphatic heterocycles. The smallest absolute Gasteiger partial charge is 0.337 e. The summed E-state index contributed by atoms with van der Waals surface area (Å²) in [6.45, 7) is 3.84. The molecule has 3 aromatic heterocycles. The molecule has 5 rings (SSSR count). The van der Waals surface area contributed by atoms with Crippen LogP contribution in [0.5, 0.6) is 0 Å². The van der Waals surface area contributed by atoms with Crippen molar-refractivity contribution in [3.8, 4) is 11.3 Å². The molecule has 0 spiro atoms. The van der Waals surface area contributed by atoms with Crippen LogP contribution in [0, 0.1) is 6.92 Å². The van der Waals surface area contributed by atoms with Crippen molar-refractivity contribution < 1.29 is 9.90 Å². The van der Waals surface area contributed by atoms with E-state index in [-0.39, 0.29) is 17.2 Å². The first kappa shape index (κ1) is 21.4. The van der Waals surface area contributed by atoms with E-state index in [1.165, 1.54) is 10.5 Å². The van der Waals surface area contributed by atoms with E-state index in [9.17, 15) is 14.7 Å². The standard InChI is InChI=1S/C26H23N5O3/c1-15-10-20(16(2)27-22-7-5-4-6-19(22)26(33)34)25-28-23(12-24(32)31(25)13-15)17-8-9-21-18(11-17)14-30(3)29-21/h4-14,16,27H,1-3H3,(H,33,34). The molecule has 2 aromatic carbocycles. The summed E-state index contributed by atoms with van der Waals surface area (Å²) >= 11 is 0. The van der Waals surface area contributed by atoms with Gasteiger partial charge in [0.1, 0.15) is 5.65 Å². The summed E-state index contributed by atoms with van der Waals surface area (Å²) in [6, 6.07) is 15.7. The van der Waals surface area contributed by atoms with Gasteiger partial charge in [-0.05, 0) is 49.7 Å². The molecule has 8 heteroatoms. The van der Waals surface area contributed by atoms with Crippen molar-refractivity contribution in [2.45, 2.75) is 19.9 Å². The van der Waals surface area contributed by atoms with Crippen LogP contribution in [0.15, 0.2) is 71.8 Å². The number of aromatic carboxylic acids is 1. The van der Waals surface area contributed by atoms with Gasteiger partial charge in [0.15, 0.2) is 0 Å². The van der Waals surface area contributed by atoms with Crippen molar-refractivity contribution in [1.82, 2.24) is 19.2 Å². The van der Waals surface area contributed by atoms with E-state index < -0.39 is 5.97 Å². The van der Waals surface area contributed by atoms with E-state index in [0.29, 0.717) is 17.0 Å². The molecule has 34 heavy (non-hydrogen) atoms. The zero-order valence-corrected chi connectivity index (χ0v) is 19.0. The maximum Gasteiger partial charge on any atom is 0.337 e. The number of nitrogens with zero attached hydrogens (tertiary/aromatic N) is 4.